The number of ether oxygens (including phenoxy) is 1. The molecular formula is C12H14N2O. The number of nitrogens with zero attached hydrogens (tertiary/aromatic N) is 1. The number of hydrogen-bond donors (Lipinski definition) is 1. The minimum Gasteiger partial charge on any atom is -0.496 e. The Morgan fingerprint density at radius 3 is 2.73 bits per heavy atom. The summed E-state index contributed by atoms with van der Waals surface area (Å²) in [5, 5.41) is 2.27. The predicted molar refractivity (Wildman–Crippen MR) is 60.9 cm³/mol. The molecule has 3 nitrogen and oxygen atoms in total. The van der Waals surface area contributed by atoms with Crippen molar-refractivity contribution in [2.45, 2.75) is 13.5 Å². The van der Waals surface area contributed by atoms with E-state index in [9.17, 15) is 0 Å². The molecule has 0 aliphatic carbocycles. The number of aryl methyl sites for hydroxylation is 1. The summed E-state index contributed by atoms with van der Waals surface area (Å²) in [4.78, 5) is 4.26. The Balaban J connectivity index is 2.82. The van der Waals surface area contributed by atoms with E-state index in [1.54, 1.807) is 13.3 Å². The second-order valence-corrected chi connectivity index (χ2v) is 3.44. The highest BCUT2D eigenvalue weighted by molar-refractivity contribution is 5.89. The Morgan fingerprint density at radius 1 is 1.27 bits per heavy atom. The first-order valence-corrected chi connectivity index (χ1v) is 4.89. The Bertz CT molecular complexity index is 494. The molecule has 78 valence electrons. The second-order valence-electron chi connectivity index (χ2n) is 3.44. The summed E-state index contributed by atoms with van der Waals surface area (Å²) >= 11 is 0. The fourth-order valence-corrected chi connectivity index (χ4v) is 1.85. The third-order valence-electron chi connectivity index (χ3n) is 2.64. The number of fused-ring (bicyclic) bond motifs is 1. The number of pyridine rings is 1. The molecule has 0 atom stereocenters. The minimum atomic E-state index is 0.476. The van der Waals surface area contributed by atoms with Crippen LogP contribution in [0.1, 0.15) is 11.3 Å². The van der Waals surface area contributed by atoms with Gasteiger partial charge in [0.05, 0.1) is 7.11 Å². The van der Waals surface area contributed by atoms with Crippen LogP contribution in [0.5, 0.6) is 5.75 Å². The average molecular weight is 202 g/mol. The van der Waals surface area contributed by atoms with Gasteiger partial charge < -0.3 is 10.5 Å². The molecule has 0 radical (unpaired) electrons. The second kappa shape index (κ2) is 3.87. The predicted octanol–water partition coefficient (Wildman–Crippen LogP) is 2.01. The van der Waals surface area contributed by atoms with Crippen LogP contribution in [-0.4, -0.2) is 12.1 Å². The van der Waals surface area contributed by atoms with Crippen molar-refractivity contribution in [1.29, 1.82) is 0 Å². The molecule has 0 saturated heterocycles. The lowest BCUT2D eigenvalue weighted by molar-refractivity contribution is 0.410. The molecule has 0 spiro atoms. The van der Waals surface area contributed by atoms with Gasteiger partial charge in [-0.25, -0.2) is 0 Å². The molecule has 2 rings (SSSR count). The molecule has 0 aliphatic heterocycles. The van der Waals surface area contributed by atoms with E-state index < -0.39 is 0 Å². The first-order chi connectivity index (χ1) is 7.27. The summed E-state index contributed by atoms with van der Waals surface area (Å²) in [6.45, 7) is 2.47. The Morgan fingerprint density at radius 2 is 2.07 bits per heavy atom. The summed E-state index contributed by atoms with van der Waals surface area (Å²) in [6, 6.07) is 5.95. The van der Waals surface area contributed by atoms with Crippen molar-refractivity contribution in [3.8, 4) is 5.75 Å². The van der Waals surface area contributed by atoms with E-state index in [4.69, 9.17) is 10.5 Å². The Hall–Kier alpha value is -1.61. The van der Waals surface area contributed by atoms with E-state index in [0.29, 0.717) is 6.54 Å². The molecule has 1 aromatic carbocycles. The van der Waals surface area contributed by atoms with Crippen LogP contribution in [0.2, 0.25) is 0 Å². The van der Waals surface area contributed by atoms with E-state index in [1.807, 2.05) is 25.1 Å². The van der Waals surface area contributed by atoms with Crippen molar-refractivity contribution < 1.29 is 4.74 Å². The van der Waals surface area contributed by atoms with Gasteiger partial charge in [0.1, 0.15) is 5.75 Å². The van der Waals surface area contributed by atoms with Crippen molar-refractivity contribution in [2.24, 2.45) is 5.73 Å². The zero-order valence-electron chi connectivity index (χ0n) is 8.95. The van der Waals surface area contributed by atoms with E-state index in [-0.39, 0.29) is 0 Å². The monoisotopic (exact) mass is 202 g/mol. The SMILES string of the molecule is COc1ccc2c(C)nccc2c1CN. The van der Waals surface area contributed by atoms with Crippen LogP contribution in [0, 0.1) is 6.92 Å². The van der Waals surface area contributed by atoms with E-state index >= 15 is 0 Å². The van der Waals surface area contributed by atoms with Gasteiger partial charge in [-0.3, -0.25) is 4.98 Å². The molecule has 1 heterocycles. The molecule has 0 unspecified atom stereocenters. The third-order valence-corrected chi connectivity index (χ3v) is 2.64. The molecule has 0 amide bonds. The van der Waals surface area contributed by atoms with Crippen molar-refractivity contribution in [1.82, 2.24) is 4.98 Å². The van der Waals surface area contributed by atoms with Crippen molar-refractivity contribution in [2.75, 3.05) is 7.11 Å². The normalized spacial score (nSPS) is 10.6. The smallest absolute Gasteiger partial charge is 0.123 e. The average Bonchev–Trinajstić information content (AvgIpc) is 2.28. The van der Waals surface area contributed by atoms with Crippen LogP contribution in [-0.2, 0) is 6.54 Å². The zero-order valence-corrected chi connectivity index (χ0v) is 8.95. The fraction of sp³-hybridized carbons (Fsp3) is 0.250. The summed E-state index contributed by atoms with van der Waals surface area (Å²) in [5.41, 5.74) is 7.80. The van der Waals surface area contributed by atoms with E-state index in [2.05, 4.69) is 4.98 Å². The summed E-state index contributed by atoms with van der Waals surface area (Å²) in [6.07, 6.45) is 1.80. The van der Waals surface area contributed by atoms with Gasteiger partial charge in [-0.15, -0.1) is 0 Å². The Kier molecular flexibility index (Phi) is 2.56. The van der Waals surface area contributed by atoms with Crippen LogP contribution in [0.3, 0.4) is 0 Å². The van der Waals surface area contributed by atoms with Crippen LogP contribution in [0.4, 0.5) is 0 Å². The number of methoxy groups -OCH3 is 1. The quantitative estimate of drug-likeness (QED) is 0.810. The van der Waals surface area contributed by atoms with Gasteiger partial charge in [-0.2, -0.15) is 0 Å². The van der Waals surface area contributed by atoms with Crippen LogP contribution in [0.25, 0.3) is 10.8 Å². The molecule has 2 aromatic rings. The Labute approximate surface area is 88.9 Å². The standard InChI is InChI=1S/C12H14N2O/c1-8-9-3-4-12(15-2)11(7-13)10(9)5-6-14-8/h3-6H,7,13H2,1-2H3. The third kappa shape index (κ3) is 1.55. The van der Waals surface area contributed by atoms with Gasteiger partial charge in [0, 0.05) is 29.4 Å². The summed E-state index contributed by atoms with van der Waals surface area (Å²) in [5.74, 6) is 0.843. The van der Waals surface area contributed by atoms with Crippen molar-refractivity contribution >= 4 is 10.8 Å². The van der Waals surface area contributed by atoms with Gasteiger partial charge in [-0.1, -0.05) is 0 Å². The van der Waals surface area contributed by atoms with Crippen molar-refractivity contribution in [3.05, 3.63) is 35.7 Å². The van der Waals surface area contributed by atoms with Gasteiger partial charge >= 0.3 is 0 Å². The lowest BCUT2D eigenvalue weighted by Crippen LogP contribution is -2.01. The molecular weight excluding hydrogens is 188 g/mol. The van der Waals surface area contributed by atoms with Gasteiger partial charge in [0.25, 0.3) is 0 Å². The molecule has 2 N–H and O–H groups in total. The summed E-state index contributed by atoms with van der Waals surface area (Å²) < 4.78 is 5.28. The number of aromatic nitrogens is 1. The fourth-order valence-electron chi connectivity index (χ4n) is 1.85. The summed E-state index contributed by atoms with van der Waals surface area (Å²) in [7, 11) is 1.66. The number of benzene rings is 1. The van der Waals surface area contributed by atoms with Crippen LogP contribution < -0.4 is 10.5 Å². The van der Waals surface area contributed by atoms with Gasteiger partial charge in [0.15, 0.2) is 0 Å². The number of nitrogens with two attached hydrogens (primary N) is 1. The first kappa shape index (κ1) is 9.93. The number of rotatable bonds is 2. The van der Waals surface area contributed by atoms with Crippen molar-refractivity contribution in [3.63, 3.8) is 0 Å². The topological polar surface area (TPSA) is 48.1 Å². The minimum absolute atomic E-state index is 0.476. The zero-order chi connectivity index (χ0) is 10.8. The van der Waals surface area contributed by atoms with Gasteiger partial charge in [-0.05, 0) is 30.5 Å². The maximum Gasteiger partial charge on any atom is 0.123 e. The molecule has 0 fully saturated rings. The van der Waals surface area contributed by atoms with Crippen LogP contribution >= 0.6 is 0 Å². The number of hydrogen-bond acceptors (Lipinski definition) is 3. The van der Waals surface area contributed by atoms with Crippen LogP contribution in [0.15, 0.2) is 24.4 Å². The lowest BCUT2D eigenvalue weighted by Gasteiger charge is -2.10. The highest BCUT2D eigenvalue weighted by atomic mass is 16.5. The molecule has 0 bridgehead atoms. The highest BCUT2D eigenvalue weighted by Crippen LogP contribution is 2.28. The molecule has 15 heavy (non-hydrogen) atoms. The molecule has 3 heteroatoms. The molecule has 0 aliphatic rings. The first-order valence-electron chi connectivity index (χ1n) is 4.89. The molecule has 1 aromatic heterocycles. The maximum atomic E-state index is 5.74. The van der Waals surface area contributed by atoms with E-state index in [0.717, 1.165) is 27.8 Å². The lowest BCUT2D eigenvalue weighted by atomic mass is 10.0. The largest absolute Gasteiger partial charge is 0.496 e. The highest BCUT2D eigenvalue weighted by Gasteiger charge is 2.07. The molecule has 0 saturated carbocycles. The van der Waals surface area contributed by atoms with E-state index in [1.165, 1.54) is 0 Å². The van der Waals surface area contributed by atoms with Gasteiger partial charge in [0.2, 0.25) is 0 Å². The maximum absolute atomic E-state index is 5.74.